The molecule has 0 saturated heterocycles. The molecule has 0 aliphatic heterocycles. The average Bonchev–Trinajstić information content (AvgIpc) is 2.35. The van der Waals surface area contributed by atoms with E-state index in [4.69, 9.17) is 0 Å². The topological polar surface area (TPSA) is 53.9 Å². The summed E-state index contributed by atoms with van der Waals surface area (Å²) in [7, 11) is 3.89. The van der Waals surface area contributed by atoms with Crippen LogP contribution in [-0.4, -0.2) is 41.3 Å². The summed E-state index contributed by atoms with van der Waals surface area (Å²) >= 11 is 1.70. The zero-order valence-electron chi connectivity index (χ0n) is 12.6. The van der Waals surface area contributed by atoms with E-state index in [1.165, 1.54) is 6.42 Å². The Kier molecular flexibility index (Phi) is 6.91. The highest BCUT2D eigenvalue weighted by molar-refractivity contribution is 7.99. The maximum atomic E-state index is 4.46. The van der Waals surface area contributed by atoms with Crippen molar-refractivity contribution in [1.29, 1.82) is 0 Å². The summed E-state index contributed by atoms with van der Waals surface area (Å²) in [4.78, 5) is 15.2. The zero-order valence-corrected chi connectivity index (χ0v) is 13.4. The van der Waals surface area contributed by atoms with Crippen LogP contribution in [0.1, 0.15) is 33.6 Å². The minimum absolute atomic E-state index is 0.674. The fourth-order valence-electron chi connectivity index (χ4n) is 1.31. The van der Waals surface area contributed by atoms with Gasteiger partial charge in [-0.1, -0.05) is 32.5 Å². The normalized spacial score (nSPS) is 10.8. The molecule has 0 aliphatic rings. The molecule has 0 radical (unpaired) electrons. The van der Waals surface area contributed by atoms with Crippen LogP contribution in [0.15, 0.2) is 5.16 Å². The van der Waals surface area contributed by atoms with Crippen LogP contribution in [0, 0.1) is 5.92 Å². The van der Waals surface area contributed by atoms with E-state index in [0.29, 0.717) is 17.8 Å². The monoisotopic (exact) mass is 283 g/mol. The Hall–Kier alpha value is -1.04. The number of thioether (sulfide) groups is 1. The number of anilines is 2. The van der Waals surface area contributed by atoms with E-state index in [9.17, 15) is 0 Å². The summed E-state index contributed by atoms with van der Waals surface area (Å²) in [5.41, 5.74) is 0. The molecule has 6 heteroatoms. The number of hydrogen-bond donors (Lipinski definition) is 1. The largest absolute Gasteiger partial charge is 0.354 e. The van der Waals surface area contributed by atoms with Gasteiger partial charge in [0.25, 0.3) is 0 Å². The lowest BCUT2D eigenvalue weighted by Gasteiger charge is -2.13. The second-order valence-electron chi connectivity index (χ2n) is 5.09. The molecule has 5 nitrogen and oxygen atoms in total. The lowest BCUT2D eigenvalue weighted by molar-refractivity contribution is 0.631. The third-order valence-electron chi connectivity index (χ3n) is 2.46. The summed E-state index contributed by atoms with van der Waals surface area (Å²) in [6.07, 6.45) is 2.23. The predicted octanol–water partition coefficient (Wildman–Crippen LogP) is 2.90. The van der Waals surface area contributed by atoms with E-state index in [1.807, 2.05) is 19.0 Å². The van der Waals surface area contributed by atoms with E-state index in [-0.39, 0.29) is 0 Å². The maximum absolute atomic E-state index is 4.46. The van der Waals surface area contributed by atoms with Gasteiger partial charge in [-0.05, 0) is 18.8 Å². The van der Waals surface area contributed by atoms with Gasteiger partial charge < -0.3 is 10.2 Å². The van der Waals surface area contributed by atoms with Crippen molar-refractivity contribution >= 4 is 23.7 Å². The van der Waals surface area contributed by atoms with Crippen molar-refractivity contribution < 1.29 is 0 Å². The maximum Gasteiger partial charge on any atom is 0.230 e. The first kappa shape index (κ1) is 16.0. The molecule has 1 aromatic heterocycles. The SMILES string of the molecule is CCCNc1nc(SCCC(C)C)nc(N(C)C)n1. The molecule has 19 heavy (non-hydrogen) atoms. The van der Waals surface area contributed by atoms with Crippen molar-refractivity contribution in [3.05, 3.63) is 0 Å². The summed E-state index contributed by atoms with van der Waals surface area (Å²) in [6.45, 7) is 7.47. The summed E-state index contributed by atoms with van der Waals surface area (Å²) in [5.74, 6) is 3.13. The van der Waals surface area contributed by atoms with E-state index in [2.05, 4.69) is 41.0 Å². The molecule has 108 valence electrons. The van der Waals surface area contributed by atoms with Crippen molar-refractivity contribution in [2.24, 2.45) is 5.92 Å². The van der Waals surface area contributed by atoms with Crippen molar-refractivity contribution in [3.8, 4) is 0 Å². The van der Waals surface area contributed by atoms with Gasteiger partial charge in [0.2, 0.25) is 11.9 Å². The van der Waals surface area contributed by atoms with Gasteiger partial charge in [-0.15, -0.1) is 0 Å². The Labute approximate surface area is 120 Å². The third-order valence-corrected chi connectivity index (χ3v) is 3.34. The Morgan fingerprint density at radius 2 is 1.95 bits per heavy atom. The quantitative estimate of drug-likeness (QED) is 0.740. The second-order valence-corrected chi connectivity index (χ2v) is 6.16. The van der Waals surface area contributed by atoms with Crippen LogP contribution in [0.4, 0.5) is 11.9 Å². The van der Waals surface area contributed by atoms with Crippen molar-refractivity contribution in [2.45, 2.75) is 38.8 Å². The van der Waals surface area contributed by atoms with Gasteiger partial charge in [-0.3, -0.25) is 0 Å². The van der Waals surface area contributed by atoms with Crippen LogP contribution >= 0.6 is 11.8 Å². The lowest BCUT2D eigenvalue weighted by atomic mass is 10.2. The van der Waals surface area contributed by atoms with Gasteiger partial charge in [-0.2, -0.15) is 15.0 Å². The highest BCUT2D eigenvalue weighted by Gasteiger charge is 2.08. The summed E-state index contributed by atoms with van der Waals surface area (Å²) in [6, 6.07) is 0. The standard InChI is InChI=1S/C13H25N5S/c1-6-8-14-11-15-12(18(4)5)17-13(16-11)19-9-7-10(2)3/h10H,6-9H2,1-5H3,(H,14,15,16,17). The molecular weight excluding hydrogens is 258 g/mol. The molecule has 0 atom stereocenters. The molecule has 0 unspecified atom stereocenters. The predicted molar refractivity (Wildman–Crippen MR) is 83.1 cm³/mol. The highest BCUT2D eigenvalue weighted by Crippen LogP contribution is 2.19. The summed E-state index contributed by atoms with van der Waals surface area (Å²) < 4.78 is 0. The molecule has 0 spiro atoms. The fraction of sp³-hybridized carbons (Fsp3) is 0.769. The number of nitrogens with one attached hydrogen (secondary N) is 1. The van der Waals surface area contributed by atoms with Crippen molar-refractivity contribution in [3.63, 3.8) is 0 Å². The zero-order chi connectivity index (χ0) is 14.3. The number of hydrogen-bond acceptors (Lipinski definition) is 6. The Balaban J connectivity index is 2.74. The molecule has 1 N–H and O–H groups in total. The second kappa shape index (κ2) is 8.19. The number of nitrogens with zero attached hydrogens (tertiary/aromatic N) is 4. The Bertz CT molecular complexity index is 381. The van der Waals surface area contributed by atoms with Crippen LogP contribution in [0.2, 0.25) is 0 Å². The first-order valence-corrected chi connectivity index (χ1v) is 7.81. The van der Waals surface area contributed by atoms with Gasteiger partial charge in [-0.25, -0.2) is 0 Å². The van der Waals surface area contributed by atoms with Gasteiger partial charge in [0, 0.05) is 26.4 Å². The minimum atomic E-state index is 0.674. The fourth-order valence-corrected chi connectivity index (χ4v) is 2.38. The van der Waals surface area contributed by atoms with Gasteiger partial charge in [0.15, 0.2) is 5.16 Å². The highest BCUT2D eigenvalue weighted by atomic mass is 32.2. The number of rotatable bonds is 8. The summed E-state index contributed by atoms with van der Waals surface area (Å²) in [5, 5.41) is 4.03. The third kappa shape index (κ3) is 6.09. The molecule has 0 bridgehead atoms. The van der Waals surface area contributed by atoms with Gasteiger partial charge in [0.05, 0.1) is 0 Å². The van der Waals surface area contributed by atoms with E-state index in [0.717, 1.165) is 23.9 Å². The van der Waals surface area contributed by atoms with Crippen LogP contribution in [0.25, 0.3) is 0 Å². The van der Waals surface area contributed by atoms with Gasteiger partial charge >= 0.3 is 0 Å². The Morgan fingerprint density at radius 3 is 2.53 bits per heavy atom. The van der Waals surface area contributed by atoms with Crippen LogP contribution < -0.4 is 10.2 Å². The van der Waals surface area contributed by atoms with Crippen LogP contribution in [0.5, 0.6) is 0 Å². The molecule has 0 saturated carbocycles. The molecule has 0 amide bonds. The van der Waals surface area contributed by atoms with E-state index < -0.39 is 0 Å². The van der Waals surface area contributed by atoms with Gasteiger partial charge in [0.1, 0.15) is 0 Å². The smallest absolute Gasteiger partial charge is 0.230 e. The molecular formula is C13H25N5S. The van der Waals surface area contributed by atoms with Crippen molar-refractivity contribution in [1.82, 2.24) is 15.0 Å². The van der Waals surface area contributed by atoms with Crippen LogP contribution in [0.3, 0.4) is 0 Å². The molecule has 0 fully saturated rings. The average molecular weight is 283 g/mol. The lowest BCUT2D eigenvalue weighted by Crippen LogP contribution is -2.16. The van der Waals surface area contributed by atoms with Crippen molar-refractivity contribution in [2.75, 3.05) is 36.6 Å². The molecule has 1 heterocycles. The molecule has 1 rings (SSSR count). The number of aromatic nitrogens is 3. The first-order valence-electron chi connectivity index (χ1n) is 6.83. The van der Waals surface area contributed by atoms with E-state index >= 15 is 0 Å². The Morgan fingerprint density at radius 1 is 1.21 bits per heavy atom. The van der Waals surface area contributed by atoms with E-state index in [1.54, 1.807) is 11.8 Å². The first-order chi connectivity index (χ1) is 9.02. The molecule has 0 aliphatic carbocycles. The van der Waals surface area contributed by atoms with Crippen LogP contribution in [-0.2, 0) is 0 Å². The molecule has 1 aromatic rings. The molecule has 0 aromatic carbocycles. The minimum Gasteiger partial charge on any atom is -0.354 e.